The van der Waals surface area contributed by atoms with Gasteiger partial charge < -0.3 is 5.11 Å². The van der Waals surface area contributed by atoms with Gasteiger partial charge in [-0.1, -0.05) is 0 Å². The van der Waals surface area contributed by atoms with Gasteiger partial charge in [0.1, 0.15) is 0 Å². The number of hydrogen-bond acceptors (Lipinski definition) is 5. The van der Waals surface area contributed by atoms with Crippen LogP contribution in [0.15, 0.2) is 17.1 Å². The van der Waals surface area contributed by atoms with E-state index in [0.717, 1.165) is 16.2 Å². The van der Waals surface area contributed by atoms with Crippen LogP contribution in [0, 0.1) is 0 Å². The number of thiazole rings is 2. The molecule has 66 valence electrons. The number of carboxylic acids is 1. The van der Waals surface area contributed by atoms with Crippen molar-refractivity contribution in [2.75, 3.05) is 0 Å². The van der Waals surface area contributed by atoms with E-state index in [-0.39, 0.29) is 5.01 Å². The van der Waals surface area contributed by atoms with Crippen LogP contribution >= 0.6 is 22.7 Å². The summed E-state index contributed by atoms with van der Waals surface area (Å²) in [7, 11) is 0. The molecule has 0 aliphatic rings. The number of aromatic nitrogens is 2. The topological polar surface area (TPSA) is 63.1 Å². The zero-order chi connectivity index (χ0) is 9.26. The Morgan fingerprint density at radius 3 is 2.85 bits per heavy atom. The second kappa shape index (κ2) is 3.23. The summed E-state index contributed by atoms with van der Waals surface area (Å²) in [6.45, 7) is 0. The van der Waals surface area contributed by atoms with Gasteiger partial charge in [-0.2, -0.15) is 0 Å². The molecule has 0 aromatic carbocycles. The lowest BCUT2D eigenvalue weighted by Crippen LogP contribution is -1.93. The van der Waals surface area contributed by atoms with Crippen molar-refractivity contribution in [1.29, 1.82) is 0 Å². The Morgan fingerprint density at radius 2 is 2.31 bits per heavy atom. The lowest BCUT2D eigenvalue weighted by molar-refractivity contribution is 0.0696. The minimum absolute atomic E-state index is 0.114. The fraction of sp³-hybridized carbons (Fsp3) is 0. The molecule has 0 radical (unpaired) electrons. The first-order valence-corrected chi connectivity index (χ1v) is 5.11. The van der Waals surface area contributed by atoms with Crippen LogP contribution in [0.1, 0.15) is 9.80 Å². The van der Waals surface area contributed by atoms with Gasteiger partial charge in [0, 0.05) is 11.6 Å². The van der Waals surface area contributed by atoms with E-state index in [9.17, 15) is 4.79 Å². The van der Waals surface area contributed by atoms with E-state index in [1.54, 1.807) is 17.1 Å². The van der Waals surface area contributed by atoms with E-state index >= 15 is 0 Å². The van der Waals surface area contributed by atoms with Crippen LogP contribution in [0.3, 0.4) is 0 Å². The highest BCUT2D eigenvalue weighted by atomic mass is 32.1. The van der Waals surface area contributed by atoms with Gasteiger partial charge in [0.2, 0.25) is 5.01 Å². The van der Waals surface area contributed by atoms with E-state index in [2.05, 4.69) is 9.97 Å². The third-order valence-electron chi connectivity index (χ3n) is 1.37. The Morgan fingerprint density at radius 1 is 1.46 bits per heavy atom. The van der Waals surface area contributed by atoms with E-state index in [4.69, 9.17) is 5.11 Å². The summed E-state index contributed by atoms with van der Waals surface area (Å²) in [4.78, 5) is 19.2. The van der Waals surface area contributed by atoms with Crippen LogP contribution in [-0.2, 0) is 0 Å². The minimum Gasteiger partial charge on any atom is -0.476 e. The molecule has 2 rings (SSSR count). The molecule has 13 heavy (non-hydrogen) atoms. The first-order chi connectivity index (χ1) is 6.27. The Balaban J connectivity index is 2.39. The fourth-order valence-electron chi connectivity index (χ4n) is 0.827. The summed E-state index contributed by atoms with van der Waals surface area (Å²) in [5.74, 6) is -0.985. The highest BCUT2D eigenvalue weighted by molar-refractivity contribution is 7.14. The molecule has 2 aromatic rings. The summed E-state index contributed by atoms with van der Waals surface area (Å²) in [6.07, 6.45) is 1.67. The zero-order valence-corrected chi connectivity index (χ0v) is 7.93. The number of hydrogen-bond donors (Lipinski definition) is 1. The average molecular weight is 212 g/mol. The summed E-state index contributed by atoms with van der Waals surface area (Å²) >= 11 is 2.57. The Kier molecular flexibility index (Phi) is 2.07. The van der Waals surface area contributed by atoms with Gasteiger partial charge in [-0.15, -0.1) is 22.7 Å². The summed E-state index contributed by atoms with van der Waals surface area (Å²) < 4.78 is 0. The fourth-order valence-corrected chi connectivity index (χ4v) is 2.14. The van der Waals surface area contributed by atoms with Gasteiger partial charge in [-0.3, -0.25) is 4.98 Å². The molecule has 0 saturated heterocycles. The second-order valence-corrected chi connectivity index (χ2v) is 3.95. The molecule has 2 aromatic heterocycles. The molecule has 0 atom stereocenters. The third kappa shape index (κ3) is 1.58. The number of aromatic carboxylic acids is 1. The molecule has 0 bridgehead atoms. The smallest absolute Gasteiger partial charge is 0.365 e. The molecule has 0 unspecified atom stereocenters. The molecule has 0 saturated carbocycles. The maximum Gasteiger partial charge on any atom is 0.365 e. The molecule has 0 aliphatic heterocycles. The van der Waals surface area contributed by atoms with Gasteiger partial charge in [0.15, 0.2) is 0 Å². The first kappa shape index (κ1) is 8.33. The normalized spacial score (nSPS) is 10.2. The lowest BCUT2D eigenvalue weighted by Gasteiger charge is -1.85. The van der Waals surface area contributed by atoms with Crippen LogP contribution in [0.25, 0.3) is 10.6 Å². The Labute approximate surface area is 81.5 Å². The van der Waals surface area contributed by atoms with Crippen molar-refractivity contribution in [1.82, 2.24) is 9.97 Å². The second-order valence-electron chi connectivity index (χ2n) is 2.21. The summed E-state index contributed by atoms with van der Waals surface area (Å²) in [5.41, 5.74) is 2.37. The van der Waals surface area contributed by atoms with Gasteiger partial charge in [-0.25, -0.2) is 9.78 Å². The first-order valence-electron chi connectivity index (χ1n) is 3.35. The van der Waals surface area contributed by atoms with Crippen molar-refractivity contribution < 1.29 is 9.90 Å². The molecule has 0 fully saturated rings. The van der Waals surface area contributed by atoms with Crippen molar-refractivity contribution in [3.8, 4) is 10.6 Å². The lowest BCUT2D eigenvalue weighted by atomic mass is 10.4. The van der Waals surface area contributed by atoms with E-state index in [1.807, 2.05) is 0 Å². The van der Waals surface area contributed by atoms with Crippen molar-refractivity contribution in [2.45, 2.75) is 0 Å². The maximum atomic E-state index is 10.5. The molecule has 1 N–H and O–H groups in total. The summed E-state index contributed by atoms with van der Waals surface area (Å²) in [6, 6.07) is 0. The van der Waals surface area contributed by atoms with Gasteiger partial charge in [0.05, 0.1) is 16.1 Å². The molecular formula is C7H4N2O2S2. The molecule has 4 nitrogen and oxygen atoms in total. The molecule has 0 aliphatic carbocycles. The van der Waals surface area contributed by atoms with E-state index < -0.39 is 5.97 Å². The maximum absolute atomic E-state index is 10.5. The predicted molar refractivity (Wildman–Crippen MR) is 50.2 cm³/mol. The monoisotopic (exact) mass is 212 g/mol. The van der Waals surface area contributed by atoms with Gasteiger partial charge in [-0.05, 0) is 0 Å². The number of nitrogens with zero attached hydrogens (tertiary/aromatic N) is 2. The molecule has 0 amide bonds. The summed E-state index contributed by atoms with van der Waals surface area (Å²) in [5, 5.41) is 10.5. The van der Waals surface area contributed by atoms with Crippen LogP contribution < -0.4 is 0 Å². The standard InChI is InChI=1S/C7H4N2O2S2/c10-7(11)6-9-4(2-12-6)5-1-8-3-13-5/h1-3H,(H,10,11). The number of rotatable bonds is 2. The molecular weight excluding hydrogens is 208 g/mol. The Bertz CT molecular complexity index is 421. The largest absolute Gasteiger partial charge is 0.476 e. The van der Waals surface area contributed by atoms with Crippen LogP contribution in [0.5, 0.6) is 0 Å². The van der Waals surface area contributed by atoms with Crippen LogP contribution in [0.4, 0.5) is 0 Å². The van der Waals surface area contributed by atoms with Crippen LogP contribution in [-0.4, -0.2) is 21.0 Å². The molecule has 6 heteroatoms. The number of carboxylic acid groups (broad SMARTS) is 1. The zero-order valence-electron chi connectivity index (χ0n) is 6.30. The van der Waals surface area contributed by atoms with Crippen molar-refractivity contribution in [3.05, 3.63) is 22.1 Å². The van der Waals surface area contributed by atoms with E-state index in [0.29, 0.717) is 5.69 Å². The predicted octanol–water partition coefficient (Wildman–Crippen LogP) is 1.96. The SMILES string of the molecule is O=C(O)c1nc(-c2cncs2)cs1. The van der Waals surface area contributed by atoms with Crippen molar-refractivity contribution >= 4 is 28.6 Å². The quantitative estimate of drug-likeness (QED) is 0.826. The number of carbonyl (C=O) groups is 1. The highest BCUT2D eigenvalue weighted by Gasteiger charge is 2.10. The third-order valence-corrected chi connectivity index (χ3v) is 3.00. The van der Waals surface area contributed by atoms with Crippen LogP contribution in [0.2, 0.25) is 0 Å². The Hall–Kier alpha value is -1.27. The average Bonchev–Trinajstić information content (AvgIpc) is 2.75. The van der Waals surface area contributed by atoms with Crippen molar-refractivity contribution in [2.24, 2.45) is 0 Å². The van der Waals surface area contributed by atoms with Gasteiger partial charge in [0.25, 0.3) is 0 Å². The highest BCUT2D eigenvalue weighted by Crippen LogP contribution is 2.24. The van der Waals surface area contributed by atoms with E-state index in [1.165, 1.54) is 11.3 Å². The van der Waals surface area contributed by atoms with Gasteiger partial charge >= 0.3 is 5.97 Å². The van der Waals surface area contributed by atoms with Crippen molar-refractivity contribution in [3.63, 3.8) is 0 Å². The molecule has 2 heterocycles. The molecule has 0 spiro atoms. The minimum atomic E-state index is -0.985.